The van der Waals surface area contributed by atoms with Gasteiger partial charge in [-0.15, -0.1) is 0 Å². The molecule has 1 aromatic carbocycles. The van der Waals surface area contributed by atoms with E-state index >= 15 is 0 Å². The number of anilines is 2. The maximum absolute atomic E-state index is 12.0. The van der Waals surface area contributed by atoms with Crippen molar-refractivity contribution in [3.8, 4) is 11.5 Å². The number of aromatic nitrogens is 1. The molecule has 1 amide bonds. The number of nitrogens with zero attached hydrogens (tertiary/aromatic N) is 1. The Kier molecular flexibility index (Phi) is 8.21. The van der Waals surface area contributed by atoms with E-state index in [1.54, 1.807) is 31.5 Å². The van der Waals surface area contributed by atoms with Crippen LogP contribution in [0.25, 0.3) is 0 Å². The van der Waals surface area contributed by atoms with Gasteiger partial charge in [0.15, 0.2) is 18.1 Å². The van der Waals surface area contributed by atoms with Crippen molar-refractivity contribution in [3.63, 3.8) is 0 Å². The van der Waals surface area contributed by atoms with Crippen LogP contribution in [0, 0.1) is 0 Å². The number of benzene rings is 1. The van der Waals surface area contributed by atoms with E-state index in [1.165, 1.54) is 0 Å². The van der Waals surface area contributed by atoms with Crippen LogP contribution in [0.4, 0.5) is 11.5 Å². The summed E-state index contributed by atoms with van der Waals surface area (Å²) in [5.41, 5.74) is 0.601. The van der Waals surface area contributed by atoms with Crippen LogP contribution in [0.1, 0.15) is 19.3 Å². The summed E-state index contributed by atoms with van der Waals surface area (Å²) in [5.74, 6) is 1.57. The maximum atomic E-state index is 12.0. The summed E-state index contributed by atoms with van der Waals surface area (Å²) < 4.78 is 10.7. The van der Waals surface area contributed by atoms with Gasteiger partial charge in [-0.2, -0.15) is 0 Å². The highest BCUT2D eigenvalue weighted by Crippen LogP contribution is 2.25. The first-order valence-electron chi connectivity index (χ1n) is 8.59. The second-order valence-electron chi connectivity index (χ2n) is 5.63. The molecular formula is C19H25N3O4. The minimum atomic E-state index is -0.276. The molecule has 2 aromatic rings. The van der Waals surface area contributed by atoms with Gasteiger partial charge in [0.2, 0.25) is 0 Å². The molecule has 0 atom stereocenters. The van der Waals surface area contributed by atoms with Crippen molar-refractivity contribution in [2.24, 2.45) is 0 Å². The van der Waals surface area contributed by atoms with Crippen molar-refractivity contribution < 1.29 is 19.4 Å². The standard InChI is InChI=1S/C19H25N3O4/c1-25-16-7-3-4-8-17(16)26-14-19(24)22-15-9-10-18(21-13-15)20-11-5-2-6-12-23/h3-4,7-10,13,23H,2,5-6,11-12,14H2,1H3,(H,20,21)(H,22,24). The number of amides is 1. The van der Waals surface area contributed by atoms with Crippen LogP contribution in [-0.4, -0.2) is 42.9 Å². The molecular weight excluding hydrogens is 334 g/mol. The molecule has 1 heterocycles. The summed E-state index contributed by atoms with van der Waals surface area (Å²) in [5, 5.41) is 14.7. The van der Waals surface area contributed by atoms with E-state index in [1.807, 2.05) is 18.2 Å². The summed E-state index contributed by atoms with van der Waals surface area (Å²) in [7, 11) is 1.55. The number of aliphatic hydroxyl groups excluding tert-OH is 1. The number of nitrogens with one attached hydrogen (secondary N) is 2. The van der Waals surface area contributed by atoms with Gasteiger partial charge in [-0.1, -0.05) is 12.1 Å². The molecule has 26 heavy (non-hydrogen) atoms. The van der Waals surface area contributed by atoms with Gasteiger partial charge in [0, 0.05) is 13.2 Å². The zero-order chi connectivity index (χ0) is 18.6. The van der Waals surface area contributed by atoms with Crippen LogP contribution in [0.5, 0.6) is 11.5 Å². The van der Waals surface area contributed by atoms with E-state index in [9.17, 15) is 4.79 Å². The molecule has 2 rings (SSSR count). The first kappa shape index (κ1) is 19.5. The third-order valence-corrected chi connectivity index (χ3v) is 3.62. The van der Waals surface area contributed by atoms with Gasteiger partial charge in [-0.05, 0) is 43.5 Å². The number of pyridine rings is 1. The van der Waals surface area contributed by atoms with Crippen LogP contribution >= 0.6 is 0 Å². The number of hydrogen-bond donors (Lipinski definition) is 3. The largest absolute Gasteiger partial charge is 0.493 e. The van der Waals surface area contributed by atoms with E-state index in [0.29, 0.717) is 17.2 Å². The summed E-state index contributed by atoms with van der Waals surface area (Å²) >= 11 is 0. The molecule has 140 valence electrons. The highest BCUT2D eigenvalue weighted by atomic mass is 16.5. The van der Waals surface area contributed by atoms with Crippen molar-refractivity contribution in [1.29, 1.82) is 0 Å². The molecule has 7 nitrogen and oxygen atoms in total. The van der Waals surface area contributed by atoms with Gasteiger partial charge in [-0.25, -0.2) is 4.98 Å². The van der Waals surface area contributed by atoms with E-state index in [4.69, 9.17) is 14.6 Å². The van der Waals surface area contributed by atoms with Crippen LogP contribution in [0.2, 0.25) is 0 Å². The molecule has 0 radical (unpaired) electrons. The normalized spacial score (nSPS) is 10.2. The molecule has 0 bridgehead atoms. The Balaban J connectivity index is 1.74. The number of carbonyl (C=O) groups excluding carboxylic acids is 1. The van der Waals surface area contributed by atoms with Crippen LogP contribution in [0.15, 0.2) is 42.6 Å². The third-order valence-electron chi connectivity index (χ3n) is 3.62. The molecule has 0 unspecified atom stereocenters. The van der Waals surface area contributed by atoms with E-state index in [0.717, 1.165) is 31.6 Å². The summed E-state index contributed by atoms with van der Waals surface area (Å²) in [6, 6.07) is 10.8. The minimum Gasteiger partial charge on any atom is -0.493 e. The predicted octanol–water partition coefficient (Wildman–Crippen LogP) is 2.68. The lowest BCUT2D eigenvalue weighted by Gasteiger charge is -2.11. The zero-order valence-electron chi connectivity index (χ0n) is 14.9. The fourth-order valence-corrected chi connectivity index (χ4v) is 2.28. The Morgan fingerprint density at radius 3 is 2.62 bits per heavy atom. The van der Waals surface area contributed by atoms with E-state index < -0.39 is 0 Å². The predicted molar refractivity (Wildman–Crippen MR) is 101 cm³/mol. The number of rotatable bonds is 11. The average Bonchev–Trinajstić information content (AvgIpc) is 2.67. The Hall–Kier alpha value is -2.80. The highest BCUT2D eigenvalue weighted by Gasteiger charge is 2.07. The van der Waals surface area contributed by atoms with Gasteiger partial charge in [0.1, 0.15) is 5.82 Å². The van der Waals surface area contributed by atoms with Crippen molar-refractivity contribution in [2.75, 3.05) is 37.5 Å². The number of hydrogen-bond acceptors (Lipinski definition) is 6. The first-order valence-corrected chi connectivity index (χ1v) is 8.59. The number of ether oxygens (including phenoxy) is 2. The SMILES string of the molecule is COc1ccccc1OCC(=O)Nc1ccc(NCCCCCO)nc1. The monoisotopic (exact) mass is 359 g/mol. The Bertz CT molecular complexity index is 677. The Morgan fingerprint density at radius 2 is 1.92 bits per heavy atom. The van der Waals surface area contributed by atoms with Gasteiger partial charge in [0.05, 0.1) is 19.0 Å². The first-order chi connectivity index (χ1) is 12.7. The van der Waals surface area contributed by atoms with E-state index in [-0.39, 0.29) is 19.1 Å². The van der Waals surface area contributed by atoms with Crippen molar-refractivity contribution in [1.82, 2.24) is 4.98 Å². The highest BCUT2D eigenvalue weighted by molar-refractivity contribution is 5.91. The lowest BCUT2D eigenvalue weighted by atomic mass is 10.2. The summed E-state index contributed by atoms with van der Waals surface area (Å²) in [6.07, 6.45) is 4.36. The molecule has 0 aliphatic carbocycles. The van der Waals surface area contributed by atoms with Crippen LogP contribution < -0.4 is 20.1 Å². The van der Waals surface area contributed by atoms with Gasteiger partial charge >= 0.3 is 0 Å². The molecule has 1 aromatic heterocycles. The fraction of sp³-hybridized carbons (Fsp3) is 0.368. The lowest BCUT2D eigenvalue weighted by molar-refractivity contribution is -0.118. The van der Waals surface area contributed by atoms with Crippen LogP contribution in [0.3, 0.4) is 0 Å². The minimum absolute atomic E-state index is 0.120. The zero-order valence-corrected chi connectivity index (χ0v) is 14.9. The average molecular weight is 359 g/mol. The van der Waals surface area contributed by atoms with Gasteiger partial charge in [-0.3, -0.25) is 4.79 Å². The van der Waals surface area contributed by atoms with Crippen molar-refractivity contribution in [3.05, 3.63) is 42.6 Å². The molecule has 0 saturated carbocycles. The number of methoxy groups -OCH3 is 1. The second kappa shape index (κ2) is 10.9. The van der Waals surface area contributed by atoms with Crippen molar-refractivity contribution >= 4 is 17.4 Å². The van der Waals surface area contributed by atoms with Crippen LogP contribution in [-0.2, 0) is 4.79 Å². The van der Waals surface area contributed by atoms with Gasteiger partial charge in [0.25, 0.3) is 5.91 Å². The maximum Gasteiger partial charge on any atom is 0.262 e. The molecule has 3 N–H and O–H groups in total. The lowest BCUT2D eigenvalue weighted by Crippen LogP contribution is -2.20. The number of aliphatic hydroxyl groups is 1. The molecule has 0 aliphatic heterocycles. The van der Waals surface area contributed by atoms with E-state index in [2.05, 4.69) is 15.6 Å². The molecule has 7 heteroatoms. The molecule has 0 saturated heterocycles. The Labute approximate surface area is 153 Å². The second-order valence-corrected chi connectivity index (χ2v) is 5.63. The smallest absolute Gasteiger partial charge is 0.262 e. The summed E-state index contributed by atoms with van der Waals surface area (Å²) in [4.78, 5) is 16.3. The number of carbonyl (C=O) groups is 1. The number of unbranched alkanes of at least 4 members (excludes halogenated alkanes) is 2. The topological polar surface area (TPSA) is 92.7 Å². The molecule has 0 aliphatic rings. The molecule has 0 fully saturated rings. The fourth-order valence-electron chi connectivity index (χ4n) is 2.28. The van der Waals surface area contributed by atoms with Gasteiger partial charge < -0.3 is 25.2 Å². The quantitative estimate of drug-likeness (QED) is 0.534. The Morgan fingerprint density at radius 1 is 1.12 bits per heavy atom. The van der Waals surface area contributed by atoms with Crippen molar-refractivity contribution in [2.45, 2.75) is 19.3 Å². The number of para-hydroxylation sites is 2. The summed E-state index contributed by atoms with van der Waals surface area (Å²) in [6.45, 7) is 0.907. The third kappa shape index (κ3) is 6.60. The molecule has 0 spiro atoms.